The minimum Gasteiger partial charge on any atom is -0.444 e. The number of nitrogens with zero attached hydrogens (tertiary/aromatic N) is 2. The quantitative estimate of drug-likeness (QED) is 0.787. The van der Waals surface area contributed by atoms with Gasteiger partial charge in [-0.25, -0.2) is 4.79 Å². The zero-order chi connectivity index (χ0) is 16.6. The molecule has 1 aromatic heterocycles. The molecule has 0 saturated carbocycles. The third kappa shape index (κ3) is 3.36. The largest absolute Gasteiger partial charge is 0.444 e. The second-order valence-electron chi connectivity index (χ2n) is 7.45. The summed E-state index contributed by atoms with van der Waals surface area (Å²) >= 11 is 0. The van der Waals surface area contributed by atoms with Crippen molar-refractivity contribution in [3.8, 4) is 0 Å². The summed E-state index contributed by atoms with van der Waals surface area (Å²) in [7, 11) is 2.12. The summed E-state index contributed by atoms with van der Waals surface area (Å²) in [4.78, 5) is 14.2. The number of piperidine rings is 1. The number of amides is 1. The molecule has 0 aliphatic carbocycles. The molecule has 1 saturated heterocycles. The highest BCUT2D eigenvalue weighted by Crippen LogP contribution is 2.31. The lowest BCUT2D eigenvalue weighted by molar-refractivity contribution is 0.0196. The van der Waals surface area contributed by atoms with Gasteiger partial charge in [0.2, 0.25) is 0 Å². The van der Waals surface area contributed by atoms with Crippen LogP contribution in [-0.2, 0) is 11.8 Å². The number of fused-ring (bicyclic) bond motifs is 1. The second kappa shape index (κ2) is 5.91. The number of likely N-dealkylation sites (tertiary alicyclic amines) is 1. The molecular formula is C19H26N2O2. The molecule has 3 rings (SSSR count). The number of hydrogen-bond acceptors (Lipinski definition) is 2. The van der Waals surface area contributed by atoms with Crippen LogP contribution in [0.3, 0.4) is 0 Å². The average molecular weight is 314 g/mol. The fourth-order valence-electron chi connectivity index (χ4n) is 3.41. The summed E-state index contributed by atoms with van der Waals surface area (Å²) < 4.78 is 7.79. The number of para-hydroxylation sites is 1. The van der Waals surface area contributed by atoms with Gasteiger partial charge in [-0.1, -0.05) is 18.2 Å². The SMILES string of the molecule is Cn1c([C@@H]2CCCN(C(=O)OC(C)(C)C)C2)cc2ccccc21. The summed E-state index contributed by atoms with van der Waals surface area (Å²) in [5.41, 5.74) is 2.11. The van der Waals surface area contributed by atoms with Gasteiger partial charge in [0.05, 0.1) is 0 Å². The number of benzene rings is 1. The summed E-state index contributed by atoms with van der Waals surface area (Å²) in [5, 5.41) is 1.26. The van der Waals surface area contributed by atoms with E-state index in [-0.39, 0.29) is 6.09 Å². The molecule has 124 valence electrons. The topological polar surface area (TPSA) is 34.5 Å². The molecule has 0 bridgehead atoms. The maximum atomic E-state index is 12.3. The Kier molecular flexibility index (Phi) is 4.09. The van der Waals surface area contributed by atoms with E-state index in [9.17, 15) is 4.79 Å². The van der Waals surface area contributed by atoms with Crippen LogP contribution in [0.1, 0.15) is 45.2 Å². The highest BCUT2D eigenvalue weighted by atomic mass is 16.6. The van der Waals surface area contributed by atoms with Crippen molar-refractivity contribution in [2.24, 2.45) is 7.05 Å². The van der Waals surface area contributed by atoms with Crippen molar-refractivity contribution in [3.63, 3.8) is 0 Å². The fourth-order valence-corrected chi connectivity index (χ4v) is 3.41. The monoisotopic (exact) mass is 314 g/mol. The first-order chi connectivity index (χ1) is 10.8. The molecule has 2 aromatic rings. The van der Waals surface area contributed by atoms with Gasteiger partial charge in [-0.15, -0.1) is 0 Å². The van der Waals surface area contributed by atoms with Crippen LogP contribution in [0.25, 0.3) is 10.9 Å². The van der Waals surface area contributed by atoms with E-state index in [1.165, 1.54) is 16.6 Å². The molecule has 4 nitrogen and oxygen atoms in total. The zero-order valence-corrected chi connectivity index (χ0v) is 14.5. The Bertz CT molecular complexity index is 712. The van der Waals surface area contributed by atoms with Crippen molar-refractivity contribution < 1.29 is 9.53 Å². The highest BCUT2D eigenvalue weighted by molar-refractivity contribution is 5.81. The predicted octanol–water partition coefficient (Wildman–Crippen LogP) is 4.29. The maximum absolute atomic E-state index is 12.3. The summed E-state index contributed by atoms with van der Waals surface area (Å²) in [6.45, 7) is 7.26. The highest BCUT2D eigenvalue weighted by Gasteiger charge is 2.29. The van der Waals surface area contributed by atoms with E-state index >= 15 is 0 Å². The number of aryl methyl sites for hydroxylation is 1. The van der Waals surface area contributed by atoms with Crippen LogP contribution in [0.2, 0.25) is 0 Å². The number of hydrogen-bond donors (Lipinski definition) is 0. The molecule has 23 heavy (non-hydrogen) atoms. The van der Waals surface area contributed by atoms with Crippen LogP contribution in [0.5, 0.6) is 0 Å². The third-order valence-electron chi connectivity index (χ3n) is 4.48. The van der Waals surface area contributed by atoms with E-state index in [2.05, 4.69) is 41.9 Å². The predicted molar refractivity (Wildman–Crippen MR) is 92.7 cm³/mol. The zero-order valence-electron chi connectivity index (χ0n) is 14.5. The van der Waals surface area contributed by atoms with Crippen LogP contribution >= 0.6 is 0 Å². The van der Waals surface area contributed by atoms with Gasteiger partial charge in [-0.2, -0.15) is 0 Å². The number of carbonyl (C=O) groups is 1. The summed E-state index contributed by atoms with van der Waals surface area (Å²) in [6, 6.07) is 10.7. The normalized spacial score (nSPS) is 19.1. The van der Waals surface area contributed by atoms with E-state index < -0.39 is 5.60 Å². The molecule has 0 N–H and O–H groups in total. The molecule has 1 aromatic carbocycles. The number of carbonyl (C=O) groups excluding carboxylic acids is 1. The molecule has 2 heterocycles. The summed E-state index contributed by atoms with van der Waals surface area (Å²) in [6.07, 6.45) is 1.94. The Morgan fingerprint density at radius 2 is 2.00 bits per heavy atom. The van der Waals surface area contributed by atoms with Crippen LogP contribution in [-0.4, -0.2) is 34.3 Å². The first-order valence-electron chi connectivity index (χ1n) is 8.37. The summed E-state index contributed by atoms with van der Waals surface area (Å²) in [5.74, 6) is 0.369. The maximum Gasteiger partial charge on any atom is 0.410 e. The Morgan fingerprint density at radius 1 is 1.26 bits per heavy atom. The van der Waals surface area contributed by atoms with Crippen molar-refractivity contribution in [2.45, 2.75) is 45.1 Å². The van der Waals surface area contributed by atoms with Crippen molar-refractivity contribution in [1.82, 2.24) is 9.47 Å². The van der Waals surface area contributed by atoms with Gasteiger partial charge in [-0.05, 0) is 51.1 Å². The number of aromatic nitrogens is 1. The lowest BCUT2D eigenvalue weighted by atomic mass is 9.95. The Balaban J connectivity index is 1.80. The van der Waals surface area contributed by atoms with Crippen LogP contribution in [0.4, 0.5) is 4.79 Å². The lowest BCUT2D eigenvalue weighted by Crippen LogP contribution is -2.42. The van der Waals surface area contributed by atoms with Crippen LogP contribution < -0.4 is 0 Å². The van der Waals surface area contributed by atoms with Crippen LogP contribution in [0.15, 0.2) is 30.3 Å². The second-order valence-corrected chi connectivity index (χ2v) is 7.45. The van der Waals surface area contributed by atoms with Gasteiger partial charge in [0.15, 0.2) is 0 Å². The van der Waals surface area contributed by atoms with E-state index in [1.807, 2.05) is 25.7 Å². The third-order valence-corrected chi connectivity index (χ3v) is 4.48. The van der Waals surface area contributed by atoms with Gasteiger partial charge in [0.1, 0.15) is 5.60 Å². The van der Waals surface area contributed by atoms with Crippen molar-refractivity contribution >= 4 is 17.0 Å². The Morgan fingerprint density at radius 3 is 2.70 bits per heavy atom. The minimum atomic E-state index is -0.441. The van der Waals surface area contributed by atoms with Gasteiger partial charge >= 0.3 is 6.09 Å². The molecule has 4 heteroatoms. The first-order valence-corrected chi connectivity index (χ1v) is 8.37. The Labute approximate surface area is 138 Å². The van der Waals surface area contributed by atoms with E-state index in [0.29, 0.717) is 5.92 Å². The molecule has 1 fully saturated rings. The molecule has 1 amide bonds. The smallest absolute Gasteiger partial charge is 0.410 e. The number of rotatable bonds is 1. The van der Waals surface area contributed by atoms with Crippen molar-refractivity contribution in [2.75, 3.05) is 13.1 Å². The average Bonchev–Trinajstić information content (AvgIpc) is 2.83. The van der Waals surface area contributed by atoms with Crippen LogP contribution in [0, 0.1) is 0 Å². The molecule has 0 radical (unpaired) electrons. The van der Waals surface area contributed by atoms with Crippen molar-refractivity contribution in [3.05, 3.63) is 36.0 Å². The molecule has 1 aliphatic rings. The van der Waals surface area contributed by atoms with Gasteiger partial charge in [0.25, 0.3) is 0 Å². The van der Waals surface area contributed by atoms with Gasteiger partial charge < -0.3 is 14.2 Å². The van der Waals surface area contributed by atoms with E-state index in [0.717, 1.165) is 25.9 Å². The van der Waals surface area contributed by atoms with E-state index in [4.69, 9.17) is 4.74 Å². The molecular weight excluding hydrogens is 288 g/mol. The first kappa shape index (κ1) is 15.9. The van der Waals surface area contributed by atoms with Crippen molar-refractivity contribution in [1.29, 1.82) is 0 Å². The lowest BCUT2D eigenvalue weighted by Gasteiger charge is -2.34. The standard InChI is InChI=1S/C19H26N2O2/c1-19(2,3)23-18(22)21-11-7-9-15(13-21)17-12-14-8-5-6-10-16(14)20(17)4/h5-6,8,10,12,15H,7,9,11,13H2,1-4H3/t15-/m1/s1. The molecule has 1 aliphatic heterocycles. The molecule has 1 atom stereocenters. The van der Waals surface area contributed by atoms with E-state index in [1.54, 1.807) is 0 Å². The molecule has 0 unspecified atom stereocenters. The number of ether oxygens (including phenoxy) is 1. The fraction of sp³-hybridized carbons (Fsp3) is 0.526. The molecule has 0 spiro atoms. The minimum absolute atomic E-state index is 0.194. The Hall–Kier alpha value is -1.97. The van der Waals surface area contributed by atoms with Gasteiger partial charge in [-0.3, -0.25) is 0 Å². The van der Waals surface area contributed by atoms with Gasteiger partial charge in [0, 0.05) is 37.3 Å².